The Labute approximate surface area is 221 Å². The van der Waals surface area contributed by atoms with Gasteiger partial charge in [0.2, 0.25) is 0 Å². The summed E-state index contributed by atoms with van der Waals surface area (Å²) in [4.78, 5) is 27.0. The Morgan fingerprint density at radius 3 is 2.44 bits per heavy atom. The van der Waals surface area contributed by atoms with Gasteiger partial charge in [0, 0.05) is 18.0 Å². The molecule has 39 heavy (non-hydrogen) atoms. The van der Waals surface area contributed by atoms with Crippen LogP contribution in [-0.4, -0.2) is 45.5 Å². The molecule has 3 N–H and O–H groups in total. The van der Waals surface area contributed by atoms with Crippen molar-refractivity contribution in [1.82, 2.24) is 19.9 Å². The third-order valence-electron chi connectivity index (χ3n) is 8.15. The maximum absolute atomic E-state index is 13.6. The lowest BCUT2D eigenvalue weighted by Gasteiger charge is -2.45. The van der Waals surface area contributed by atoms with Crippen LogP contribution in [0.25, 0.3) is 44.5 Å². The Hall–Kier alpha value is -4.11. The highest BCUT2D eigenvalue weighted by molar-refractivity contribution is 6.01. The van der Waals surface area contributed by atoms with Crippen molar-refractivity contribution in [2.75, 3.05) is 25.0 Å². The van der Waals surface area contributed by atoms with Gasteiger partial charge in [0.15, 0.2) is 0 Å². The molecule has 2 aromatic heterocycles. The van der Waals surface area contributed by atoms with E-state index in [0.717, 1.165) is 61.0 Å². The summed E-state index contributed by atoms with van der Waals surface area (Å²) in [5, 5.41) is 4.45. The first-order valence-electron chi connectivity index (χ1n) is 13.2. The zero-order valence-electron chi connectivity index (χ0n) is 21.0. The molecule has 2 bridgehead atoms. The molecule has 0 spiro atoms. The second kappa shape index (κ2) is 8.98. The van der Waals surface area contributed by atoms with Gasteiger partial charge < -0.3 is 20.2 Å². The van der Waals surface area contributed by atoms with E-state index in [9.17, 15) is 18.0 Å². The number of halogens is 3. The minimum Gasteiger partial charge on any atom is -0.379 e. The van der Waals surface area contributed by atoms with Crippen LogP contribution in [0.1, 0.15) is 18.4 Å². The molecule has 3 aromatic carbocycles. The van der Waals surface area contributed by atoms with E-state index in [4.69, 9.17) is 4.98 Å². The number of piperidine rings is 3. The summed E-state index contributed by atoms with van der Waals surface area (Å²) >= 11 is 0. The fourth-order valence-electron chi connectivity index (χ4n) is 6.11. The zero-order valence-corrected chi connectivity index (χ0v) is 21.0. The number of aromatic amines is 2. The topological polar surface area (TPSA) is 76.8 Å². The molecule has 5 heterocycles. The summed E-state index contributed by atoms with van der Waals surface area (Å²) in [5.74, 6) is 0.937. The molecule has 3 aliphatic rings. The van der Waals surface area contributed by atoms with Crippen LogP contribution >= 0.6 is 0 Å². The van der Waals surface area contributed by atoms with Gasteiger partial charge in [-0.3, -0.25) is 4.79 Å². The Balaban J connectivity index is 1.43. The van der Waals surface area contributed by atoms with E-state index in [-0.39, 0.29) is 11.6 Å². The molecule has 3 fully saturated rings. The number of hydrogen-bond acceptors (Lipinski definition) is 4. The number of fused-ring (bicyclic) bond motifs is 5. The number of imidazole rings is 1. The second-order valence-electron chi connectivity index (χ2n) is 10.5. The van der Waals surface area contributed by atoms with Crippen LogP contribution in [0.2, 0.25) is 0 Å². The number of nitrogens with zero attached hydrogens (tertiary/aromatic N) is 2. The lowest BCUT2D eigenvalue weighted by Crippen LogP contribution is -2.53. The monoisotopic (exact) mass is 529 g/mol. The molecule has 0 unspecified atom stereocenters. The second-order valence-corrected chi connectivity index (χ2v) is 10.5. The minimum atomic E-state index is -4.44. The average Bonchev–Trinajstić information content (AvgIpc) is 3.37. The first-order chi connectivity index (χ1) is 18.8. The van der Waals surface area contributed by atoms with E-state index >= 15 is 0 Å². The van der Waals surface area contributed by atoms with E-state index in [1.807, 2.05) is 30.3 Å². The highest BCUT2D eigenvalue weighted by Gasteiger charge is 2.35. The van der Waals surface area contributed by atoms with Gasteiger partial charge in [0.1, 0.15) is 11.4 Å². The smallest absolute Gasteiger partial charge is 0.379 e. The SMILES string of the molecule is O=c1[nH]c2ccc(-c3cccc(C(F)(F)F)c3)cc2c(N[C@@H]2CN3CCC2CC3)c1-c1nc2ccccc2[nH]1. The van der Waals surface area contributed by atoms with Gasteiger partial charge in [-0.15, -0.1) is 0 Å². The maximum atomic E-state index is 13.6. The van der Waals surface area contributed by atoms with Crippen molar-refractivity contribution in [3.63, 3.8) is 0 Å². The van der Waals surface area contributed by atoms with Crippen LogP contribution in [0.4, 0.5) is 18.9 Å². The summed E-state index contributed by atoms with van der Waals surface area (Å²) in [7, 11) is 0. The fourth-order valence-corrected chi connectivity index (χ4v) is 6.11. The first kappa shape index (κ1) is 24.0. The number of aromatic nitrogens is 3. The number of para-hydroxylation sites is 2. The number of alkyl halides is 3. The molecular formula is C30H26F3N5O. The fraction of sp³-hybridized carbons (Fsp3) is 0.267. The molecule has 0 radical (unpaired) electrons. The Kier molecular flexibility index (Phi) is 5.52. The van der Waals surface area contributed by atoms with Crippen LogP contribution in [0.15, 0.2) is 71.5 Å². The van der Waals surface area contributed by atoms with Crippen molar-refractivity contribution in [3.05, 3.63) is 82.6 Å². The molecular weight excluding hydrogens is 503 g/mol. The number of nitrogens with one attached hydrogen (secondary N) is 3. The number of hydrogen-bond donors (Lipinski definition) is 3. The molecule has 0 amide bonds. The molecule has 6 nitrogen and oxygen atoms in total. The molecule has 0 aliphatic carbocycles. The third-order valence-corrected chi connectivity index (χ3v) is 8.15. The average molecular weight is 530 g/mol. The Morgan fingerprint density at radius 1 is 0.897 bits per heavy atom. The van der Waals surface area contributed by atoms with Crippen LogP contribution in [0.5, 0.6) is 0 Å². The van der Waals surface area contributed by atoms with Crippen LogP contribution in [0, 0.1) is 5.92 Å². The largest absolute Gasteiger partial charge is 0.416 e. The lowest BCUT2D eigenvalue weighted by molar-refractivity contribution is -0.137. The predicted molar refractivity (Wildman–Crippen MR) is 147 cm³/mol. The quantitative estimate of drug-likeness (QED) is 0.257. The normalized spacial score (nSPS) is 21.1. The van der Waals surface area contributed by atoms with E-state index in [0.29, 0.717) is 39.6 Å². The number of H-pyrrole nitrogens is 2. The highest BCUT2D eigenvalue weighted by atomic mass is 19.4. The van der Waals surface area contributed by atoms with Gasteiger partial charge in [0.05, 0.1) is 27.8 Å². The van der Waals surface area contributed by atoms with Crippen molar-refractivity contribution in [1.29, 1.82) is 0 Å². The summed E-state index contributed by atoms with van der Waals surface area (Å²) in [6.07, 6.45) is -2.25. The van der Waals surface area contributed by atoms with Crippen molar-refractivity contribution < 1.29 is 13.2 Å². The van der Waals surface area contributed by atoms with Crippen molar-refractivity contribution in [2.24, 2.45) is 5.92 Å². The number of pyridine rings is 1. The molecule has 1 atom stereocenters. The minimum absolute atomic E-state index is 0.151. The van der Waals surface area contributed by atoms with Crippen LogP contribution in [0.3, 0.4) is 0 Å². The third kappa shape index (κ3) is 4.27. The number of rotatable bonds is 4. The summed E-state index contributed by atoms with van der Waals surface area (Å²) < 4.78 is 40.3. The van der Waals surface area contributed by atoms with Crippen LogP contribution < -0.4 is 10.9 Å². The molecule has 198 valence electrons. The molecule has 0 saturated carbocycles. The predicted octanol–water partition coefficient (Wildman–Crippen LogP) is 6.26. The summed E-state index contributed by atoms with van der Waals surface area (Å²) in [5.41, 5.74) is 3.34. The van der Waals surface area contributed by atoms with Gasteiger partial charge in [-0.1, -0.05) is 30.3 Å². The van der Waals surface area contributed by atoms with Crippen LogP contribution in [-0.2, 0) is 6.18 Å². The number of anilines is 1. The highest BCUT2D eigenvalue weighted by Crippen LogP contribution is 2.38. The maximum Gasteiger partial charge on any atom is 0.416 e. The van der Waals surface area contributed by atoms with Gasteiger partial charge in [-0.05, 0) is 79.4 Å². The molecule has 5 aromatic rings. The van der Waals surface area contributed by atoms with E-state index in [1.165, 1.54) is 6.07 Å². The molecule has 3 saturated heterocycles. The zero-order chi connectivity index (χ0) is 26.7. The van der Waals surface area contributed by atoms with E-state index in [2.05, 4.69) is 20.2 Å². The Bertz CT molecular complexity index is 1730. The van der Waals surface area contributed by atoms with E-state index < -0.39 is 11.7 Å². The van der Waals surface area contributed by atoms with Crippen molar-refractivity contribution in [2.45, 2.75) is 25.1 Å². The van der Waals surface area contributed by atoms with Crippen molar-refractivity contribution in [3.8, 4) is 22.5 Å². The van der Waals surface area contributed by atoms with Gasteiger partial charge in [-0.2, -0.15) is 13.2 Å². The Morgan fingerprint density at radius 2 is 1.69 bits per heavy atom. The number of benzene rings is 3. The van der Waals surface area contributed by atoms with Crippen molar-refractivity contribution >= 4 is 27.6 Å². The standard InChI is InChI=1S/C30H26F3N5O/c31-30(32,33)20-5-3-4-18(14-20)19-8-9-22-21(15-19)27(34-25-16-38-12-10-17(25)11-13-38)26(29(39)37-22)28-35-23-6-1-2-7-24(23)36-28/h1-9,14-15,17,25H,10-13,16H2,(H,35,36)(H2,34,37,39)/t25-/m1/s1. The van der Waals surface area contributed by atoms with Gasteiger partial charge in [-0.25, -0.2) is 4.98 Å². The summed E-state index contributed by atoms with van der Waals surface area (Å²) in [6.45, 7) is 3.04. The first-order valence-corrected chi connectivity index (χ1v) is 13.2. The van der Waals surface area contributed by atoms with Gasteiger partial charge >= 0.3 is 6.18 Å². The van der Waals surface area contributed by atoms with E-state index in [1.54, 1.807) is 18.2 Å². The molecule has 3 aliphatic heterocycles. The summed E-state index contributed by atoms with van der Waals surface area (Å²) in [6, 6.07) is 18.4. The van der Waals surface area contributed by atoms with Gasteiger partial charge in [0.25, 0.3) is 5.56 Å². The molecule has 8 rings (SSSR count). The lowest BCUT2D eigenvalue weighted by atomic mass is 9.83. The molecule has 9 heteroatoms.